The first-order chi connectivity index (χ1) is 11.5. The van der Waals surface area contributed by atoms with Gasteiger partial charge in [0.1, 0.15) is 16.5 Å². The lowest BCUT2D eigenvalue weighted by Crippen LogP contribution is -2.13. The summed E-state index contributed by atoms with van der Waals surface area (Å²) >= 11 is 1.45. The van der Waals surface area contributed by atoms with Gasteiger partial charge in [0, 0.05) is 10.5 Å². The van der Waals surface area contributed by atoms with E-state index in [0.717, 1.165) is 10.5 Å². The number of aromatic amines is 1. The number of H-pyrrole nitrogens is 1. The first kappa shape index (κ1) is 16.1. The molecule has 2 aromatic carbocycles. The van der Waals surface area contributed by atoms with Crippen molar-refractivity contribution in [2.45, 2.75) is 23.8 Å². The van der Waals surface area contributed by atoms with Gasteiger partial charge in [-0.15, -0.1) is 0 Å². The molecule has 0 radical (unpaired) electrons. The van der Waals surface area contributed by atoms with E-state index in [-0.39, 0.29) is 5.91 Å². The third kappa shape index (κ3) is 3.60. The van der Waals surface area contributed by atoms with E-state index in [1.807, 2.05) is 50.2 Å². The molecule has 3 aromatic rings. The molecular weight excluding hydrogens is 320 g/mol. The number of carbonyl (C=O) groups excluding carboxylic acids is 1. The zero-order valence-electron chi connectivity index (χ0n) is 13.5. The topological polar surface area (TPSA) is 83.8 Å². The molecule has 0 unspecified atom stereocenters. The molecule has 24 heavy (non-hydrogen) atoms. The number of anilines is 2. The molecule has 0 spiro atoms. The SMILES string of the molecule is Cc1ccc(Sc2n[nH]c(N)c2NC(=O)c2ccc(C)cc2)cc1. The summed E-state index contributed by atoms with van der Waals surface area (Å²) in [6.45, 7) is 4.01. The Balaban J connectivity index is 1.80. The predicted molar refractivity (Wildman–Crippen MR) is 97.4 cm³/mol. The Labute approximate surface area is 144 Å². The van der Waals surface area contributed by atoms with Gasteiger partial charge in [-0.3, -0.25) is 9.89 Å². The van der Waals surface area contributed by atoms with Gasteiger partial charge in [0.25, 0.3) is 5.91 Å². The highest BCUT2D eigenvalue weighted by atomic mass is 32.2. The van der Waals surface area contributed by atoms with Crippen LogP contribution in [0.25, 0.3) is 0 Å². The average molecular weight is 338 g/mol. The summed E-state index contributed by atoms with van der Waals surface area (Å²) in [5.41, 5.74) is 9.30. The molecule has 0 aliphatic rings. The molecule has 0 aliphatic carbocycles. The van der Waals surface area contributed by atoms with Crippen molar-refractivity contribution < 1.29 is 4.79 Å². The first-order valence-electron chi connectivity index (χ1n) is 7.49. The van der Waals surface area contributed by atoms with Crippen LogP contribution in [0.3, 0.4) is 0 Å². The highest BCUT2D eigenvalue weighted by molar-refractivity contribution is 7.99. The van der Waals surface area contributed by atoms with Crippen molar-refractivity contribution in [3.8, 4) is 0 Å². The number of nitrogens with one attached hydrogen (secondary N) is 2. The van der Waals surface area contributed by atoms with Crippen LogP contribution in [0, 0.1) is 13.8 Å². The van der Waals surface area contributed by atoms with Gasteiger partial charge in [-0.1, -0.05) is 47.2 Å². The zero-order chi connectivity index (χ0) is 17.1. The quantitative estimate of drug-likeness (QED) is 0.671. The smallest absolute Gasteiger partial charge is 0.255 e. The Morgan fingerprint density at radius 2 is 1.62 bits per heavy atom. The van der Waals surface area contributed by atoms with Gasteiger partial charge in [-0.05, 0) is 38.1 Å². The van der Waals surface area contributed by atoms with E-state index in [2.05, 4.69) is 15.5 Å². The number of aryl methyl sites for hydroxylation is 2. The van der Waals surface area contributed by atoms with Crippen LogP contribution in [0.1, 0.15) is 21.5 Å². The Morgan fingerprint density at radius 1 is 1.04 bits per heavy atom. The largest absolute Gasteiger partial charge is 0.382 e. The summed E-state index contributed by atoms with van der Waals surface area (Å²) in [7, 11) is 0. The van der Waals surface area contributed by atoms with E-state index in [1.165, 1.54) is 17.3 Å². The van der Waals surface area contributed by atoms with Crippen molar-refractivity contribution in [2.24, 2.45) is 0 Å². The maximum absolute atomic E-state index is 12.4. The van der Waals surface area contributed by atoms with Gasteiger partial charge in [0.05, 0.1) is 0 Å². The molecule has 0 atom stereocenters. The molecule has 1 heterocycles. The summed E-state index contributed by atoms with van der Waals surface area (Å²) in [4.78, 5) is 13.4. The van der Waals surface area contributed by atoms with E-state index in [0.29, 0.717) is 22.1 Å². The van der Waals surface area contributed by atoms with Crippen LogP contribution in [-0.4, -0.2) is 16.1 Å². The number of carbonyl (C=O) groups is 1. The second-order valence-electron chi connectivity index (χ2n) is 5.55. The summed E-state index contributed by atoms with van der Waals surface area (Å²) in [6, 6.07) is 15.4. The molecule has 3 rings (SSSR count). The lowest BCUT2D eigenvalue weighted by atomic mass is 10.1. The fraction of sp³-hybridized carbons (Fsp3) is 0.111. The molecule has 5 nitrogen and oxygen atoms in total. The molecule has 1 aromatic heterocycles. The lowest BCUT2D eigenvalue weighted by molar-refractivity contribution is 0.102. The first-order valence-corrected chi connectivity index (χ1v) is 8.31. The number of nitrogen functional groups attached to an aromatic ring is 1. The van der Waals surface area contributed by atoms with Gasteiger partial charge >= 0.3 is 0 Å². The summed E-state index contributed by atoms with van der Waals surface area (Å²) < 4.78 is 0. The number of hydrogen-bond acceptors (Lipinski definition) is 4. The Morgan fingerprint density at radius 3 is 2.25 bits per heavy atom. The number of amides is 1. The summed E-state index contributed by atoms with van der Waals surface area (Å²) in [6.07, 6.45) is 0. The van der Waals surface area contributed by atoms with Crippen LogP contribution in [0.4, 0.5) is 11.5 Å². The van der Waals surface area contributed by atoms with Gasteiger partial charge in [-0.2, -0.15) is 5.10 Å². The second-order valence-corrected chi connectivity index (χ2v) is 6.61. The van der Waals surface area contributed by atoms with Crippen LogP contribution in [0.5, 0.6) is 0 Å². The number of aromatic nitrogens is 2. The van der Waals surface area contributed by atoms with E-state index in [9.17, 15) is 4.79 Å². The van der Waals surface area contributed by atoms with Crippen molar-refractivity contribution in [3.63, 3.8) is 0 Å². The third-order valence-corrected chi connectivity index (χ3v) is 4.55. The highest BCUT2D eigenvalue weighted by Gasteiger charge is 2.16. The number of hydrogen-bond donors (Lipinski definition) is 3. The van der Waals surface area contributed by atoms with Crippen molar-refractivity contribution >= 4 is 29.2 Å². The Kier molecular flexibility index (Phi) is 4.57. The fourth-order valence-electron chi connectivity index (χ4n) is 2.14. The maximum atomic E-state index is 12.4. The number of benzene rings is 2. The molecular formula is C18H18N4OS. The standard InChI is InChI=1S/C18H18N4OS/c1-11-3-7-13(8-4-11)17(23)20-15-16(19)21-22-18(15)24-14-9-5-12(2)6-10-14/h3-10H,1-2H3,(H,20,23)(H3,19,21,22). The highest BCUT2D eigenvalue weighted by Crippen LogP contribution is 2.35. The van der Waals surface area contributed by atoms with Crippen molar-refractivity contribution in [2.75, 3.05) is 11.1 Å². The molecule has 0 fully saturated rings. The van der Waals surface area contributed by atoms with Gasteiger partial charge in [0.2, 0.25) is 0 Å². The molecule has 122 valence electrons. The minimum atomic E-state index is -0.214. The van der Waals surface area contributed by atoms with Crippen molar-refractivity contribution in [1.82, 2.24) is 10.2 Å². The summed E-state index contributed by atoms with van der Waals surface area (Å²) in [5.74, 6) is 0.124. The van der Waals surface area contributed by atoms with Gasteiger partial charge in [0.15, 0.2) is 0 Å². The van der Waals surface area contributed by atoms with Gasteiger partial charge in [-0.25, -0.2) is 0 Å². The molecule has 0 aliphatic heterocycles. The zero-order valence-corrected chi connectivity index (χ0v) is 14.3. The minimum absolute atomic E-state index is 0.214. The molecule has 1 amide bonds. The monoisotopic (exact) mass is 338 g/mol. The van der Waals surface area contributed by atoms with E-state index in [1.54, 1.807) is 12.1 Å². The number of nitrogens with two attached hydrogens (primary N) is 1. The molecule has 0 bridgehead atoms. The van der Waals surface area contributed by atoms with E-state index < -0.39 is 0 Å². The van der Waals surface area contributed by atoms with Gasteiger partial charge < -0.3 is 11.1 Å². The maximum Gasteiger partial charge on any atom is 0.255 e. The van der Waals surface area contributed by atoms with Crippen LogP contribution in [0.2, 0.25) is 0 Å². The fourth-order valence-corrected chi connectivity index (χ4v) is 2.99. The summed E-state index contributed by atoms with van der Waals surface area (Å²) in [5, 5.41) is 10.4. The lowest BCUT2D eigenvalue weighted by Gasteiger charge is -2.07. The second kappa shape index (κ2) is 6.80. The third-order valence-electron chi connectivity index (χ3n) is 3.55. The molecule has 6 heteroatoms. The predicted octanol–water partition coefficient (Wildman–Crippen LogP) is 4.01. The Hall–Kier alpha value is -2.73. The molecule has 0 saturated carbocycles. The van der Waals surface area contributed by atoms with Crippen LogP contribution >= 0.6 is 11.8 Å². The van der Waals surface area contributed by atoms with Crippen LogP contribution < -0.4 is 11.1 Å². The number of nitrogens with zero attached hydrogens (tertiary/aromatic N) is 1. The van der Waals surface area contributed by atoms with E-state index >= 15 is 0 Å². The molecule has 0 saturated heterocycles. The van der Waals surface area contributed by atoms with Crippen molar-refractivity contribution in [1.29, 1.82) is 0 Å². The minimum Gasteiger partial charge on any atom is -0.382 e. The normalized spacial score (nSPS) is 10.6. The van der Waals surface area contributed by atoms with Crippen molar-refractivity contribution in [3.05, 3.63) is 65.2 Å². The average Bonchev–Trinajstić information content (AvgIpc) is 2.91. The number of rotatable bonds is 4. The molecule has 4 N–H and O–H groups in total. The van der Waals surface area contributed by atoms with Crippen LogP contribution in [-0.2, 0) is 0 Å². The Bertz CT molecular complexity index is 854. The van der Waals surface area contributed by atoms with E-state index in [4.69, 9.17) is 5.73 Å². The van der Waals surface area contributed by atoms with Crippen LogP contribution in [0.15, 0.2) is 58.5 Å².